The molecule has 2 aliphatic heterocycles. The first-order chi connectivity index (χ1) is 17.8. The van der Waals surface area contributed by atoms with Crippen molar-refractivity contribution in [3.8, 4) is 22.3 Å². The van der Waals surface area contributed by atoms with Crippen LogP contribution in [0.1, 0.15) is 0 Å². The second-order valence-electron chi connectivity index (χ2n) is 12.2. The van der Waals surface area contributed by atoms with E-state index in [2.05, 4.69) is 121 Å². The lowest BCUT2D eigenvalue weighted by molar-refractivity contribution is 1.01. The van der Waals surface area contributed by atoms with Crippen LogP contribution in [0.3, 0.4) is 0 Å². The predicted octanol–water partition coefficient (Wildman–Crippen LogP) is 5.78. The van der Waals surface area contributed by atoms with Gasteiger partial charge in [-0.1, -0.05) is 92.9 Å². The van der Waals surface area contributed by atoms with Gasteiger partial charge in [0.15, 0.2) is 0 Å². The van der Waals surface area contributed by atoms with Crippen LogP contribution in [-0.4, -0.2) is 25.1 Å². The predicted molar refractivity (Wildman–Crippen MR) is 164 cm³/mol. The molecule has 0 saturated carbocycles. The van der Waals surface area contributed by atoms with Gasteiger partial charge in [-0.05, 0) is 39.0 Å². The number of hydrogen-bond acceptors (Lipinski definition) is 0. The van der Waals surface area contributed by atoms with E-state index >= 15 is 0 Å². The first-order valence-electron chi connectivity index (χ1n) is 13.4. The van der Waals surface area contributed by atoms with E-state index in [4.69, 9.17) is 0 Å². The highest BCUT2D eigenvalue weighted by Crippen LogP contribution is 2.46. The fourth-order valence-electron chi connectivity index (χ4n) is 8.25. The topological polar surface area (TPSA) is 9.34 Å². The second kappa shape index (κ2) is 6.09. The van der Waals surface area contributed by atoms with E-state index in [9.17, 15) is 0 Å². The highest BCUT2D eigenvalue weighted by molar-refractivity contribution is 7.06. The van der Waals surface area contributed by atoms with Gasteiger partial charge in [0.1, 0.15) is 16.1 Å². The third kappa shape index (κ3) is 2.03. The van der Waals surface area contributed by atoms with Gasteiger partial charge in [-0.3, -0.25) is 0 Å². The molecule has 5 heterocycles. The van der Waals surface area contributed by atoms with E-state index in [1.807, 2.05) is 0 Å². The molecule has 0 saturated heterocycles. The molecule has 178 valence electrons. The monoisotopic (exact) mass is 508 g/mol. The van der Waals surface area contributed by atoms with Gasteiger partial charge in [0.25, 0.3) is 0 Å². The maximum absolute atomic E-state index is 2.85. The van der Waals surface area contributed by atoms with Crippen LogP contribution in [0.25, 0.3) is 60.3 Å². The normalized spacial score (nSPS) is 16.7. The minimum atomic E-state index is -2.00. The van der Waals surface area contributed by atoms with Crippen molar-refractivity contribution < 1.29 is 0 Å². The van der Waals surface area contributed by atoms with Gasteiger partial charge < -0.3 is 8.97 Å². The molecule has 37 heavy (non-hydrogen) atoms. The van der Waals surface area contributed by atoms with E-state index in [0.29, 0.717) is 0 Å². The molecule has 0 atom stereocenters. The molecule has 0 aliphatic carbocycles. The average molecular weight is 509 g/mol. The van der Waals surface area contributed by atoms with E-state index in [0.717, 1.165) is 0 Å². The molecule has 9 rings (SSSR count). The molecule has 0 radical (unpaired) electrons. The maximum Gasteiger partial charge on any atom is 0.134 e. The van der Waals surface area contributed by atoms with Crippen molar-refractivity contribution in [3.63, 3.8) is 0 Å². The quantitative estimate of drug-likeness (QED) is 0.230. The highest BCUT2D eigenvalue weighted by atomic mass is 28.3. The third-order valence-corrected chi connectivity index (χ3v) is 16.7. The van der Waals surface area contributed by atoms with Gasteiger partial charge in [-0.25, -0.2) is 0 Å². The van der Waals surface area contributed by atoms with Crippen LogP contribution < -0.4 is 21.0 Å². The van der Waals surface area contributed by atoms with Gasteiger partial charge in [-0.15, -0.1) is 0 Å². The van der Waals surface area contributed by atoms with Crippen LogP contribution in [0.4, 0.5) is 0 Å². The number of rotatable bonds is 0. The van der Waals surface area contributed by atoms with E-state index < -0.39 is 16.1 Å². The van der Waals surface area contributed by atoms with Crippen LogP contribution in [0.5, 0.6) is 0 Å². The van der Waals surface area contributed by atoms with Crippen LogP contribution in [0.15, 0.2) is 78.9 Å². The molecule has 7 aromatic rings. The SMILES string of the molecule is Cn1c2cccc3c4c(n5c6c(c7ccc1c(c32)c75)-c1ccccc1[Si]6(C)C)[Si](C)(C)c1ccccc1-4. The molecule has 0 spiro atoms. The lowest BCUT2D eigenvalue weighted by atomic mass is 9.99. The van der Waals surface area contributed by atoms with Crippen LogP contribution >= 0.6 is 0 Å². The van der Waals surface area contributed by atoms with Crippen molar-refractivity contribution in [1.82, 2.24) is 8.97 Å². The molecule has 0 N–H and O–H groups in total. The Balaban J connectivity index is 1.70. The van der Waals surface area contributed by atoms with Crippen LogP contribution in [0, 0.1) is 0 Å². The van der Waals surface area contributed by atoms with Crippen molar-refractivity contribution in [2.75, 3.05) is 0 Å². The Kier molecular flexibility index (Phi) is 3.37. The Hall–Kier alpha value is -3.61. The Morgan fingerprint density at radius 2 is 1.11 bits per heavy atom. The summed E-state index contributed by atoms with van der Waals surface area (Å²) in [5, 5.41) is 12.1. The molecule has 0 fully saturated rings. The Labute approximate surface area is 218 Å². The number of benzene rings is 4. The number of hydrogen-bond donors (Lipinski definition) is 0. The van der Waals surface area contributed by atoms with Gasteiger partial charge in [0.2, 0.25) is 0 Å². The summed E-state index contributed by atoms with van der Waals surface area (Å²) in [5.41, 5.74) is 10.0. The van der Waals surface area contributed by atoms with Gasteiger partial charge in [-0.2, -0.15) is 0 Å². The number of nitrogens with zero attached hydrogens (tertiary/aromatic N) is 2. The molecule has 3 aromatic heterocycles. The van der Waals surface area contributed by atoms with Crippen molar-refractivity contribution in [1.29, 1.82) is 0 Å². The van der Waals surface area contributed by atoms with Crippen molar-refractivity contribution in [2.45, 2.75) is 26.2 Å². The minimum Gasteiger partial charge on any atom is -0.344 e. The summed E-state index contributed by atoms with van der Waals surface area (Å²) in [6, 6.07) is 30.4. The zero-order valence-electron chi connectivity index (χ0n) is 21.9. The number of fused-ring (bicyclic) bond motifs is 10. The first kappa shape index (κ1) is 20.5. The Morgan fingerprint density at radius 3 is 1.76 bits per heavy atom. The van der Waals surface area contributed by atoms with Gasteiger partial charge >= 0.3 is 0 Å². The van der Waals surface area contributed by atoms with Gasteiger partial charge in [0.05, 0.1) is 11.0 Å². The maximum atomic E-state index is 2.85. The molecule has 4 aromatic carbocycles. The Bertz CT molecular complexity index is 2160. The number of aromatic nitrogens is 2. The molecule has 0 unspecified atom stereocenters. The summed E-state index contributed by atoms with van der Waals surface area (Å²) in [4.78, 5) is 0. The summed E-state index contributed by atoms with van der Waals surface area (Å²) < 4.78 is 5.27. The average Bonchev–Trinajstić information content (AvgIpc) is 3.50. The molecule has 0 amide bonds. The fraction of sp³-hybridized carbons (Fsp3) is 0.152. The zero-order chi connectivity index (χ0) is 25.0. The zero-order valence-corrected chi connectivity index (χ0v) is 23.9. The lowest BCUT2D eigenvalue weighted by Gasteiger charge is -2.25. The van der Waals surface area contributed by atoms with E-state index in [1.165, 1.54) is 60.3 Å². The molecule has 2 nitrogen and oxygen atoms in total. The van der Waals surface area contributed by atoms with E-state index in [1.54, 1.807) is 21.0 Å². The van der Waals surface area contributed by atoms with Gasteiger partial charge in [0, 0.05) is 50.5 Å². The van der Waals surface area contributed by atoms with Crippen LogP contribution in [-0.2, 0) is 7.05 Å². The summed E-state index contributed by atoms with van der Waals surface area (Å²) in [5.74, 6) is 0. The lowest BCUT2D eigenvalue weighted by Crippen LogP contribution is -2.58. The summed E-state index contributed by atoms with van der Waals surface area (Å²) in [7, 11) is -1.71. The number of aryl methyl sites for hydroxylation is 1. The largest absolute Gasteiger partial charge is 0.344 e. The third-order valence-electron chi connectivity index (χ3n) is 9.78. The van der Waals surface area contributed by atoms with Crippen molar-refractivity contribution in [2.24, 2.45) is 7.05 Å². The summed E-state index contributed by atoms with van der Waals surface area (Å²) in [6.07, 6.45) is 0. The molecule has 0 bridgehead atoms. The van der Waals surface area contributed by atoms with Crippen molar-refractivity contribution >= 4 is 75.3 Å². The van der Waals surface area contributed by atoms with E-state index in [-0.39, 0.29) is 0 Å². The summed E-state index contributed by atoms with van der Waals surface area (Å²) in [6.45, 7) is 10.3. The Morgan fingerprint density at radius 1 is 0.541 bits per heavy atom. The molecule has 2 aliphatic rings. The standard InChI is InChI=1S/C33H28N2Si2/c1-34-23-14-10-13-21-27-19-11-6-8-15-25(19)36(2,3)32(27)35-31-22(17-18-24(34)30(31)29(21)23)28-20-12-7-9-16-26(20)37(4,5)33(28)35/h6-18H,1-5H3. The molecule has 4 heteroatoms. The second-order valence-corrected chi connectivity index (χ2v) is 20.8. The van der Waals surface area contributed by atoms with Crippen molar-refractivity contribution in [3.05, 3.63) is 78.9 Å². The summed E-state index contributed by atoms with van der Waals surface area (Å²) >= 11 is 0. The minimum absolute atomic E-state index is 1.34. The van der Waals surface area contributed by atoms with Crippen LogP contribution in [0.2, 0.25) is 26.2 Å². The molecular formula is C33H28N2Si2. The molecular weight excluding hydrogens is 481 g/mol. The highest BCUT2D eigenvalue weighted by Gasteiger charge is 2.47. The fourth-order valence-corrected chi connectivity index (χ4v) is 15.0. The smallest absolute Gasteiger partial charge is 0.134 e. The first-order valence-corrected chi connectivity index (χ1v) is 19.4.